The summed E-state index contributed by atoms with van der Waals surface area (Å²) in [6.07, 6.45) is 3.01. The highest BCUT2D eigenvalue weighted by atomic mass is 32.2. The summed E-state index contributed by atoms with van der Waals surface area (Å²) >= 11 is 0. The molecule has 0 aromatic rings. The van der Waals surface area contributed by atoms with Crippen molar-refractivity contribution >= 4 is 10.0 Å². The van der Waals surface area contributed by atoms with Gasteiger partial charge in [-0.2, -0.15) is 0 Å². The lowest BCUT2D eigenvalue weighted by atomic mass is 9.84. The maximum atomic E-state index is 11.0. The van der Waals surface area contributed by atoms with Gasteiger partial charge in [0.15, 0.2) is 0 Å². The third kappa shape index (κ3) is 1.60. The van der Waals surface area contributed by atoms with Crippen LogP contribution in [-0.4, -0.2) is 25.4 Å². The molecule has 0 aliphatic heterocycles. The standard InChI is InChI=1S/C8H15NO3S/c9-13(11,12)5-8-2-1-6(4-8)3-7(8)10/h6-7,10H,1-5H2,(H2,9,11,12)/t6-,7+,8-/m0/s1. The lowest BCUT2D eigenvalue weighted by Crippen LogP contribution is -2.39. The van der Waals surface area contributed by atoms with Gasteiger partial charge in [0, 0.05) is 5.41 Å². The molecular formula is C8H15NO3S. The van der Waals surface area contributed by atoms with Gasteiger partial charge in [-0.05, 0) is 31.6 Å². The Labute approximate surface area is 78.2 Å². The number of aliphatic hydroxyl groups is 1. The summed E-state index contributed by atoms with van der Waals surface area (Å²) in [4.78, 5) is 0. The van der Waals surface area contributed by atoms with Gasteiger partial charge < -0.3 is 5.11 Å². The second kappa shape index (κ2) is 2.68. The summed E-state index contributed by atoms with van der Waals surface area (Å²) in [7, 11) is -3.44. The van der Waals surface area contributed by atoms with E-state index in [0.717, 1.165) is 25.7 Å². The van der Waals surface area contributed by atoms with Crippen molar-refractivity contribution in [1.82, 2.24) is 0 Å². The molecule has 2 rings (SSSR count). The molecule has 5 heteroatoms. The number of hydrogen-bond donors (Lipinski definition) is 2. The minimum atomic E-state index is -3.44. The third-order valence-electron chi connectivity index (χ3n) is 3.50. The molecule has 0 amide bonds. The first-order valence-corrected chi connectivity index (χ1v) is 6.31. The van der Waals surface area contributed by atoms with Crippen LogP contribution in [0.15, 0.2) is 0 Å². The van der Waals surface area contributed by atoms with Gasteiger partial charge in [-0.1, -0.05) is 0 Å². The van der Waals surface area contributed by atoms with Gasteiger partial charge in [0.05, 0.1) is 11.9 Å². The van der Waals surface area contributed by atoms with Gasteiger partial charge in [-0.3, -0.25) is 0 Å². The Balaban J connectivity index is 2.20. The minimum absolute atomic E-state index is 0.0440. The van der Waals surface area contributed by atoms with E-state index in [4.69, 9.17) is 5.14 Å². The molecule has 0 heterocycles. The van der Waals surface area contributed by atoms with Gasteiger partial charge in [0.1, 0.15) is 0 Å². The monoisotopic (exact) mass is 205 g/mol. The van der Waals surface area contributed by atoms with Crippen LogP contribution >= 0.6 is 0 Å². The molecule has 0 radical (unpaired) electrons. The Morgan fingerprint density at radius 3 is 2.62 bits per heavy atom. The number of fused-ring (bicyclic) bond motifs is 2. The molecule has 2 bridgehead atoms. The van der Waals surface area contributed by atoms with E-state index in [2.05, 4.69) is 0 Å². The molecule has 4 nitrogen and oxygen atoms in total. The number of aliphatic hydroxyl groups excluding tert-OH is 1. The minimum Gasteiger partial charge on any atom is -0.393 e. The summed E-state index contributed by atoms with van der Waals surface area (Å²) < 4.78 is 22.0. The summed E-state index contributed by atoms with van der Waals surface area (Å²) in [6.45, 7) is 0. The van der Waals surface area contributed by atoms with E-state index in [-0.39, 0.29) is 5.75 Å². The molecule has 0 saturated heterocycles. The van der Waals surface area contributed by atoms with E-state index >= 15 is 0 Å². The van der Waals surface area contributed by atoms with Crippen LogP contribution in [0.5, 0.6) is 0 Å². The normalized spacial score (nSPS) is 44.2. The SMILES string of the molecule is NS(=O)(=O)C[C@@]12CC[C@@H](C[C@H]1O)C2. The fourth-order valence-electron chi connectivity index (χ4n) is 2.97. The zero-order valence-electron chi connectivity index (χ0n) is 7.44. The van der Waals surface area contributed by atoms with E-state index in [1.807, 2.05) is 0 Å². The van der Waals surface area contributed by atoms with Crippen molar-refractivity contribution in [3.05, 3.63) is 0 Å². The van der Waals surface area contributed by atoms with Crippen LogP contribution < -0.4 is 5.14 Å². The molecule has 2 aliphatic carbocycles. The van der Waals surface area contributed by atoms with Crippen molar-refractivity contribution < 1.29 is 13.5 Å². The first-order chi connectivity index (χ1) is 5.91. The van der Waals surface area contributed by atoms with E-state index in [1.165, 1.54) is 0 Å². The summed E-state index contributed by atoms with van der Waals surface area (Å²) in [5, 5.41) is 14.7. The first kappa shape index (κ1) is 9.43. The molecule has 0 spiro atoms. The molecule has 2 saturated carbocycles. The second-order valence-corrected chi connectivity index (χ2v) is 6.14. The Morgan fingerprint density at radius 2 is 2.23 bits per heavy atom. The topological polar surface area (TPSA) is 80.4 Å². The molecule has 13 heavy (non-hydrogen) atoms. The van der Waals surface area contributed by atoms with Crippen LogP contribution in [0.25, 0.3) is 0 Å². The molecule has 0 aromatic heterocycles. The smallest absolute Gasteiger partial charge is 0.209 e. The average Bonchev–Trinajstić information content (AvgIpc) is 2.39. The van der Waals surface area contributed by atoms with Crippen LogP contribution in [-0.2, 0) is 10.0 Å². The van der Waals surface area contributed by atoms with E-state index in [0.29, 0.717) is 5.92 Å². The van der Waals surface area contributed by atoms with Crippen molar-refractivity contribution in [2.45, 2.75) is 31.8 Å². The lowest BCUT2D eigenvalue weighted by molar-refractivity contribution is 0.0552. The van der Waals surface area contributed by atoms with Crippen LogP contribution in [0.4, 0.5) is 0 Å². The van der Waals surface area contributed by atoms with Gasteiger partial charge >= 0.3 is 0 Å². The summed E-state index contributed by atoms with van der Waals surface area (Å²) in [5.74, 6) is 0.481. The fraction of sp³-hybridized carbons (Fsp3) is 1.00. The van der Waals surface area contributed by atoms with E-state index in [1.54, 1.807) is 0 Å². The molecule has 0 aromatic carbocycles. The van der Waals surface area contributed by atoms with Crippen molar-refractivity contribution in [1.29, 1.82) is 0 Å². The van der Waals surface area contributed by atoms with Gasteiger partial charge in [0.25, 0.3) is 0 Å². The number of hydrogen-bond acceptors (Lipinski definition) is 3. The Morgan fingerprint density at radius 1 is 1.54 bits per heavy atom. The van der Waals surface area contributed by atoms with Crippen LogP contribution in [0.3, 0.4) is 0 Å². The number of primary sulfonamides is 1. The van der Waals surface area contributed by atoms with Crippen LogP contribution in [0.1, 0.15) is 25.7 Å². The van der Waals surface area contributed by atoms with E-state index < -0.39 is 21.5 Å². The van der Waals surface area contributed by atoms with Crippen molar-refractivity contribution in [3.63, 3.8) is 0 Å². The van der Waals surface area contributed by atoms with Crippen molar-refractivity contribution in [3.8, 4) is 0 Å². The second-order valence-electron chi connectivity index (χ2n) is 4.53. The van der Waals surface area contributed by atoms with Gasteiger partial charge in [-0.25, -0.2) is 13.6 Å². The predicted molar refractivity (Wildman–Crippen MR) is 48.4 cm³/mol. The van der Waals surface area contributed by atoms with Crippen LogP contribution in [0.2, 0.25) is 0 Å². The molecule has 3 N–H and O–H groups in total. The number of sulfonamides is 1. The van der Waals surface area contributed by atoms with Gasteiger partial charge in [0.2, 0.25) is 10.0 Å². The molecule has 3 atom stereocenters. The predicted octanol–water partition coefficient (Wildman–Crippen LogP) is -0.174. The average molecular weight is 205 g/mol. The zero-order chi connectivity index (χ0) is 9.69. The van der Waals surface area contributed by atoms with Crippen molar-refractivity contribution in [2.75, 3.05) is 5.75 Å². The highest BCUT2D eigenvalue weighted by Gasteiger charge is 2.52. The van der Waals surface area contributed by atoms with Crippen molar-refractivity contribution in [2.24, 2.45) is 16.5 Å². The fourth-order valence-corrected chi connectivity index (χ4v) is 4.22. The highest BCUT2D eigenvalue weighted by Crippen LogP contribution is 2.54. The molecule has 0 unspecified atom stereocenters. The summed E-state index contributed by atoms with van der Waals surface area (Å²) in [5.41, 5.74) is -0.405. The van der Waals surface area contributed by atoms with Crippen LogP contribution in [0, 0.1) is 11.3 Å². The maximum absolute atomic E-state index is 11.0. The molecule has 2 aliphatic rings. The first-order valence-electron chi connectivity index (χ1n) is 4.60. The Kier molecular flexibility index (Phi) is 1.94. The van der Waals surface area contributed by atoms with E-state index in [9.17, 15) is 13.5 Å². The quantitative estimate of drug-likeness (QED) is 0.656. The number of rotatable bonds is 2. The number of nitrogens with two attached hydrogens (primary N) is 1. The third-order valence-corrected chi connectivity index (χ3v) is 4.48. The lowest BCUT2D eigenvalue weighted by Gasteiger charge is -2.30. The Hall–Kier alpha value is -0.130. The maximum Gasteiger partial charge on any atom is 0.209 e. The highest BCUT2D eigenvalue weighted by molar-refractivity contribution is 7.89. The summed E-state index contributed by atoms with van der Waals surface area (Å²) in [6, 6.07) is 0. The zero-order valence-corrected chi connectivity index (χ0v) is 8.26. The molecule has 76 valence electrons. The van der Waals surface area contributed by atoms with Gasteiger partial charge in [-0.15, -0.1) is 0 Å². The largest absolute Gasteiger partial charge is 0.393 e. The Bertz CT molecular complexity index is 313. The molecular weight excluding hydrogens is 190 g/mol. The molecule has 2 fully saturated rings.